The van der Waals surface area contributed by atoms with E-state index >= 15 is 0 Å². The molecule has 6 heteroatoms. The molecule has 0 aromatic heterocycles. The molecule has 1 atom stereocenters. The molecule has 0 bridgehead atoms. The second-order valence-electron chi connectivity index (χ2n) is 9.55. The fourth-order valence-corrected chi connectivity index (χ4v) is 4.49. The summed E-state index contributed by atoms with van der Waals surface area (Å²) < 4.78 is 11.3. The van der Waals surface area contributed by atoms with E-state index in [-0.39, 0.29) is 18.3 Å². The molecule has 2 fully saturated rings. The largest absolute Gasteiger partial charge is 0.458 e. The van der Waals surface area contributed by atoms with E-state index in [1.54, 1.807) is 11.8 Å². The number of aryl methyl sites for hydroxylation is 2. The molecule has 166 valence electrons. The number of nitrogens with zero attached hydrogens (tertiary/aromatic N) is 1. The number of ether oxygens (including phenoxy) is 2. The number of Topliss-reactive ketones (excluding diaryl/α,β-unsaturated/α-hetero) is 1. The molecule has 2 saturated heterocycles. The smallest absolute Gasteiger partial charge is 0.410 e. The average Bonchev–Trinajstić information content (AvgIpc) is 2.62. The van der Waals surface area contributed by atoms with Gasteiger partial charge >= 0.3 is 12.1 Å². The van der Waals surface area contributed by atoms with Crippen molar-refractivity contribution in [3.63, 3.8) is 0 Å². The maximum atomic E-state index is 13.2. The molecule has 0 aliphatic carbocycles. The Morgan fingerprint density at radius 2 is 1.74 bits per heavy atom. The quantitative estimate of drug-likeness (QED) is 0.386. The van der Waals surface area contributed by atoms with Crippen molar-refractivity contribution in [3.05, 3.63) is 34.4 Å². The number of hydrogen-bond donors (Lipinski definition) is 0. The Morgan fingerprint density at radius 3 is 2.23 bits per heavy atom. The van der Waals surface area contributed by atoms with Crippen molar-refractivity contribution in [1.82, 2.24) is 4.90 Å². The molecule has 2 aliphatic heterocycles. The highest BCUT2D eigenvalue weighted by molar-refractivity contribution is 6.07. The summed E-state index contributed by atoms with van der Waals surface area (Å²) in [4.78, 5) is 40.1. The molecule has 3 rings (SSSR count). The first-order chi connectivity index (χ1) is 14.4. The molecule has 2 aliphatic rings. The number of carbonyl (C=O) groups excluding carboxylic acids is 3. The van der Waals surface area contributed by atoms with E-state index in [1.165, 1.54) is 0 Å². The average molecular weight is 426 g/mol. The summed E-state index contributed by atoms with van der Waals surface area (Å²) in [6, 6.07) is 3.81. The van der Waals surface area contributed by atoms with Gasteiger partial charge in [0.25, 0.3) is 0 Å². The lowest BCUT2D eigenvalue weighted by Gasteiger charge is -2.44. The molecule has 0 radical (unpaired) electrons. The van der Waals surface area contributed by atoms with Crippen LogP contribution in [0.15, 0.2) is 12.1 Å². The predicted octanol–water partition coefficient (Wildman–Crippen LogP) is 4.04. The lowest BCUT2D eigenvalue weighted by atomic mass is 9.77. The van der Waals surface area contributed by atoms with Crippen LogP contribution in [0.2, 0.25) is 0 Å². The van der Waals surface area contributed by atoms with Crippen LogP contribution in [-0.2, 0) is 19.1 Å². The van der Waals surface area contributed by atoms with Gasteiger partial charge < -0.3 is 14.4 Å². The molecule has 2 heterocycles. The minimum Gasteiger partial charge on any atom is -0.458 e. The Kier molecular flexibility index (Phi) is 6.18. The highest BCUT2D eigenvalue weighted by Crippen LogP contribution is 2.40. The van der Waals surface area contributed by atoms with Gasteiger partial charge in [-0.3, -0.25) is 9.59 Å². The monoisotopic (exact) mass is 425 g/mol. The number of amides is 1. The number of likely N-dealkylation sites (tertiary alicyclic amines) is 1. The Balaban J connectivity index is 1.74. The summed E-state index contributed by atoms with van der Waals surface area (Å²) >= 11 is 0. The van der Waals surface area contributed by atoms with E-state index in [1.807, 2.05) is 46.8 Å². The molecule has 1 aromatic rings. The van der Waals surface area contributed by atoms with Gasteiger partial charge in [-0.25, -0.2) is 4.79 Å². The molecule has 1 unspecified atom stereocenters. The molecule has 31 heavy (non-hydrogen) atoms. The normalized spacial score (nSPS) is 20.7. The first-order valence-corrected chi connectivity index (χ1v) is 10.7. The van der Waals surface area contributed by atoms with Crippen molar-refractivity contribution in [2.45, 2.75) is 77.9 Å². The predicted molar refractivity (Wildman–Crippen MR) is 117 cm³/mol. The van der Waals surface area contributed by atoms with Gasteiger partial charge in [0.1, 0.15) is 17.1 Å². The molecule has 0 saturated carbocycles. The number of ketones is 1. The zero-order valence-electron chi connectivity index (χ0n) is 19.3. The zero-order valence-corrected chi connectivity index (χ0v) is 19.3. The van der Waals surface area contributed by atoms with Crippen LogP contribution in [-0.4, -0.2) is 47.0 Å². The third-order valence-corrected chi connectivity index (χ3v) is 5.85. The summed E-state index contributed by atoms with van der Waals surface area (Å²) in [5.74, 6) is 4.37. The Bertz CT molecular complexity index is 925. The van der Waals surface area contributed by atoms with Crippen LogP contribution >= 0.6 is 0 Å². The van der Waals surface area contributed by atoms with Gasteiger partial charge in [-0.05, 0) is 70.4 Å². The van der Waals surface area contributed by atoms with Crippen LogP contribution in [0.5, 0.6) is 0 Å². The van der Waals surface area contributed by atoms with Gasteiger partial charge in [0.2, 0.25) is 0 Å². The maximum Gasteiger partial charge on any atom is 0.410 e. The minimum absolute atomic E-state index is 0.123. The van der Waals surface area contributed by atoms with E-state index in [0.29, 0.717) is 25.9 Å². The fraction of sp³-hybridized carbons (Fsp3) is 0.560. The Hall–Kier alpha value is -2.81. The molecule has 1 spiro atoms. The number of piperidine rings is 1. The van der Waals surface area contributed by atoms with E-state index in [2.05, 4.69) is 11.8 Å². The summed E-state index contributed by atoms with van der Waals surface area (Å²) in [6.45, 7) is 11.8. The topological polar surface area (TPSA) is 72.9 Å². The second-order valence-corrected chi connectivity index (χ2v) is 9.55. The van der Waals surface area contributed by atoms with Gasteiger partial charge in [-0.15, -0.1) is 5.92 Å². The SMILES string of the molecule is CC#Cc1cc(C)c(C2C(=O)CC3(CCN(C(=O)OC(C)(C)C)CC3)OC2=O)c(C)c1. The van der Waals surface area contributed by atoms with Crippen molar-refractivity contribution >= 4 is 17.8 Å². The Morgan fingerprint density at radius 1 is 1.16 bits per heavy atom. The van der Waals surface area contributed by atoms with Crippen LogP contribution in [0, 0.1) is 25.7 Å². The molecule has 6 nitrogen and oxygen atoms in total. The van der Waals surface area contributed by atoms with Crippen LogP contribution in [0.25, 0.3) is 0 Å². The van der Waals surface area contributed by atoms with Crippen LogP contribution in [0.4, 0.5) is 4.79 Å². The van der Waals surface area contributed by atoms with Gasteiger partial charge in [-0.1, -0.05) is 5.92 Å². The number of esters is 1. The lowest BCUT2D eigenvalue weighted by Crippen LogP contribution is -2.54. The maximum absolute atomic E-state index is 13.2. The van der Waals surface area contributed by atoms with Gasteiger partial charge in [0, 0.05) is 37.9 Å². The summed E-state index contributed by atoms with van der Waals surface area (Å²) in [7, 11) is 0. The fourth-order valence-electron chi connectivity index (χ4n) is 4.49. The summed E-state index contributed by atoms with van der Waals surface area (Å²) in [5.41, 5.74) is 1.91. The number of rotatable bonds is 1. The third kappa shape index (κ3) is 4.92. The minimum atomic E-state index is -0.904. The van der Waals surface area contributed by atoms with E-state index in [4.69, 9.17) is 9.47 Å². The molecular weight excluding hydrogens is 394 g/mol. The molecular formula is C25H31NO5. The molecule has 0 N–H and O–H groups in total. The number of benzene rings is 1. The lowest BCUT2D eigenvalue weighted by molar-refractivity contribution is -0.178. The van der Waals surface area contributed by atoms with Crippen molar-refractivity contribution in [2.75, 3.05) is 13.1 Å². The summed E-state index contributed by atoms with van der Waals surface area (Å²) in [6.07, 6.45) is 0.648. The Labute approximate surface area is 184 Å². The zero-order chi connectivity index (χ0) is 23.0. The van der Waals surface area contributed by atoms with E-state index in [0.717, 1.165) is 22.3 Å². The highest BCUT2D eigenvalue weighted by Gasteiger charge is 2.50. The van der Waals surface area contributed by atoms with Crippen molar-refractivity contribution in [2.24, 2.45) is 0 Å². The van der Waals surface area contributed by atoms with Gasteiger partial charge in [0.15, 0.2) is 5.78 Å². The molecule has 1 amide bonds. The number of carbonyl (C=O) groups is 3. The van der Waals surface area contributed by atoms with Crippen LogP contribution < -0.4 is 0 Å². The van der Waals surface area contributed by atoms with Crippen molar-refractivity contribution < 1.29 is 23.9 Å². The van der Waals surface area contributed by atoms with E-state index in [9.17, 15) is 14.4 Å². The van der Waals surface area contributed by atoms with Crippen LogP contribution in [0.1, 0.15) is 75.1 Å². The van der Waals surface area contributed by atoms with Gasteiger partial charge in [-0.2, -0.15) is 0 Å². The van der Waals surface area contributed by atoms with E-state index < -0.39 is 23.1 Å². The first kappa shape index (κ1) is 22.9. The van der Waals surface area contributed by atoms with Crippen molar-refractivity contribution in [3.8, 4) is 11.8 Å². The standard InChI is InChI=1S/C25H31NO5/c1-7-8-18-13-16(2)20(17(3)14-18)21-19(27)15-25(30-22(21)28)9-11-26(12-10-25)23(29)31-24(4,5)6/h13-14,21H,9-12,15H2,1-6H3. The highest BCUT2D eigenvalue weighted by atomic mass is 16.6. The molecule has 1 aromatic carbocycles. The van der Waals surface area contributed by atoms with Gasteiger partial charge in [0.05, 0.1) is 0 Å². The second kappa shape index (κ2) is 8.37. The first-order valence-electron chi connectivity index (χ1n) is 10.7. The van der Waals surface area contributed by atoms with Crippen LogP contribution in [0.3, 0.4) is 0 Å². The summed E-state index contributed by atoms with van der Waals surface area (Å²) in [5, 5.41) is 0. The van der Waals surface area contributed by atoms with Crippen molar-refractivity contribution in [1.29, 1.82) is 0 Å². The number of hydrogen-bond acceptors (Lipinski definition) is 5. The third-order valence-electron chi connectivity index (χ3n) is 5.85.